The van der Waals surface area contributed by atoms with Crippen molar-refractivity contribution in [3.63, 3.8) is 0 Å². The molecule has 1 aliphatic carbocycles. The standard InChI is InChI=1S/C19H14ClF7O2/c1-4-5-8-13(21)15(23)9(16(24)14(8)22)7-29-17(28)12-10(18(12,2)3)6-11(20)19(25,26)27/h1,6,10,12H,5,7H2,2-3H3/b11-6-/t10-,12-/m1/s1. The molecule has 1 fully saturated rings. The molecule has 0 radical (unpaired) electrons. The molecular weight excluding hydrogens is 429 g/mol. The highest BCUT2D eigenvalue weighted by atomic mass is 35.5. The van der Waals surface area contributed by atoms with Gasteiger partial charge >= 0.3 is 12.1 Å². The van der Waals surface area contributed by atoms with Crippen molar-refractivity contribution in [3.05, 3.63) is 45.5 Å². The van der Waals surface area contributed by atoms with Gasteiger partial charge < -0.3 is 4.74 Å². The third kappa shape index (κ3) is 4.37. The first kappa shape index (κ1) is 23.1. The molecule has 0 aromatic heterocycles. The second kappa shape index (κ2) is 7.90. The summed E-state index contributed by atoms with van der Waals surface area (Å²) in [6, 6.07) is 0. The summed E-state index contributed by atoms with van der Waals surface area (Å²) in [5.74, 6) is -8.21. The maximum absolute atomic E-state index is 14.0. The van der Waals surface area contributed by atoms with Crippen molar-refractivity contribution in [2.24, 2.45) is 17.3 Å². The first-order valence-corrected chi connectivity index (χ1v) is 8.51. The van der Waals surface area contributed by atoms with Gasteiger partial charge in [-0.2, -0.15) is 13.2 Å². The number of ether oxygens (including phenoxy) is 1. The lowest BCUT2D eigenvalue weighted by Crippen LogP contribution is -2.15. The summed E-state index contributed by atoms with van der Waals surface area (Å²) in [6.45, 7) is 1.78. The van der Waals surface area contributed by atoms with Crippen LogP contribution in [0, 0.1) is 52.9 Å². The van der Waals surface area contributed by atoms with Crippen LogP contribution in [0.1, 0.15) is 25.0 Å². The number of carbonyl (C=O) groups excluding carboxylic acids is 1. The number of terminal acetylenes is 1. The van der Waals surface area contributed by atoms with E-state index in [1.807, 2.05) is 5.92 Å². The topological polar surface area (TPSA) is 26.3 Å². The van der Waals surface area contributed by atoms with E-state index >= 15 is 0 Å². The lowest BCUT2D eigenvalue weighted by molar-refractivity contribution is -0.147. The molecule has 1 saturated carbocycles. The number of hydrogen-bond donors (Lipinski definition) is 0. The Morgan fingerprint density at radius 3 is 2.07 bits per heavy atom. The van der Waals surface area contributed by atoms with E-state index in [1.54, 1.807) is 0 Å². The van der Waals surface area contributed by atoms with Crippen molar-refractivity contribution < 1.29 is 40.3 Å². The molecule has 0 N–H and O–H groups in total. The molecule has 0 saturated heterocycles. The van der Waals surface area contributed by atoms with Crippen LogP contribution in [0.25, 0.3) is 0 Å². The van der Waals surface area contributed by atoms with Gasteiger partial charge in [-0.1, -0.05) is 31.5 Å². The zero-order valence-corrected chi connectivity index (χ0v) is 15.8. The molecular formula is C19H14ClF7O2. The average Bonchev–Trinajstić information content (AvgIpc) is 3.16. The SMILES string of the molecule is C#CCc1c(F)c(F)c(COC(=O)[C@H]2[C@@H](/C=C(\Cl)C(F)(F)F)C2(C)C)c(F)c1F. The maximum Gasteiger partial charge on any atom is 0.426 e. The predicted molar refractivity (Wildman–Crippen MR) is 89.4 cm³/mol. The summed E-state index contributed by atoms with van der Waals surface area (Å²) in [5, 5.41) is -1.42. The van der Waals surface area contributed by atoms with Crippen molar-refractivity contribution in [1.29, 1.82) is 0 Å². The molecule has 158 valence electrons. The zero-order chi connectivity index (χ0) is 22.3. The summed E-state index contributed by atoms with van der Waals surface area (Å²) in [5.41, 5.74) is -3.12. The van der Waals surface area contributed by atoms with Gasteiger partial charge in [-0.05, 0) is 11.3 Å². The quantitative estimate of drug-likeness (QED) is 0.263. The number of hydrogen-bond acceptors (Lipinski definition) is 2. The Hall–Kier alpha value is -2.21. The first-order valence-electron chi connectivity index (χ1n) is 8.13. The number of halogens is 8. The summed E-state index contributed by atoms with van der Waals surface area (Å²) in [6.07, 6.45) is 0.0540. The van der Waals surface area contributed by atoms with Crippen molar-refractivity contribution in [3.8, 4) is 12.3 Å². The molecule has 1 aromatic carbocycles. The fourth-order valence-corrected chi connectivity index (χ4v) is 3.17. The minimum Gasteiger partial charge on any atom is -0.460 e. The number of carbonyl (C=O) groups is 1. The van der Waals surface area contributed by atoms with Gasteiger partial charge in [0.05, 0.1) is 11.5 Å². The van der Waals surface area contributed by atoms with Gasteiger partial charge in [0, 0.05) is 12.0 Å². The van der Waals surface area contributed by atoms with Crippen LogP contribution in [0.2, 0.25) is 0 Å². The number of esters is 1. The fourth-order valence-electron chi connectivity index (χ4n) is 3.03. The third-order valence-corrected chi connectivity index (χ3v) is 5.18. The van der Waals surface area contributed by atoms with Crippen LogP contribution < -0.4 is 0 Å². The molecule has 1 aromatic rings. The van der Waals surface area contributed by atoms with E-state index in [9.17, 15) is 35.5 Å². The van der Waals surface area contributed by atoms with Gasteiger partial charge in [0.25, 0.3) is 0 Å². The largest absolute Gasteiger partial charge is 0.460 e. The van der Waals surface area contributed by atoms with E-state index in [2.05, 4.69) is 0 Å². The Morgan fingerprint density at radius 2 is 1.62 bits per heavy atom. The highest BCUT2D eigenvalue weighted by Crippen LogP contribution is 2.60. The minimum atomic E-state index is -4.80. The first-order chi connectivity index (χ1) is 13.2. The Balaban J connectivity index is 2.19. The van der Waals surface area contributed by atoms with Crippen LogP contribution >= 0.6 is 11.6 Å². The lowest BCUT2D eigenvalue weighted by atomic mass is 10.1. The molecule has 2 nitrogen and oxygen atoms in total. The lowest BCUT2D eigenvalue weighted by Gasteiger charge is -2.11. The number of allylic oxidation sites excluding steroid dienone is 2. The van der Waals surface area contributed by atoms with Crippen LogP contribution in [-0.2, 0) is 22.6 Å². The fraction of sp³-hybridized carbons (Fsp3) is 0.421. The monoisotopic (exact) mass is 442 g/mol. The zero-order valence-electron chi connectivity index (χ0n) is 15.1. The molecule has 0 bridgehead atoms. The highest BCUT2D eigenvalue weighted by Gasteiger charge is 2.62. The van der Waals surface area contributed by atoms with E-state index in [0.29, 0.717) is 6.08 Å². The van der Waals surface area contributed by atoms with Gasteiger partial charge in [0.2, 0.25) is 0 Å². The van der Waals surface area contributed by atoms with Crippen molar-refractivity contribution in [1.82, 2.24) is 0 Å². The molecule has 29 heavy (non-hydrogen) atoms. The minimum absolute atomic E-state index is 0.655. The van der Waals surface area contributed by atoms with Crippen LogP contribution in [0.4, 0.5) is 30.7 Å². The van der Waals surface area contributed by atoms with E-state index in [0.717, 1.165) is 0 Å². The average molecular weight is 443 g/mol. The van der Waals surface area contributed by atoms with Crippen molar-refractivity contribution in [2.75, 3.05) is 0 Å². The molecule has 1 aliphatic rings. The maximum atomic E-state index is 14.0. The second-order valence-electron chi connectivity index (χ2n) is 7.04. The van der Waals surface area contributed by atoms with Crippen LogP contribution in [0.3, 0.4) is 0 Å². The molecule has 0 aliphatic heterocycles. The van der Waals surface area contributed by atoms with E-state index in [1.165, 1.54) is 13.8 Å². The molecule has 10 heteroatoms. The molecule has 2 rings (SSSR count). The predicted octanol–water partition coefficient (Wildman–Crippen LogP) is 5.42. The van der Waals surface area contributed by atoms with Gasteiger partial charge in [-0.15, -0.1) is 12.3 Å². The summed E-state index contributed by atoms with van der Waals surface area (Å²) >= 11 is 5.17. The molecule has 2 atom stereocenters. The van der Waals surface area contributed by atoms with Crippen molar-refractivity contribution in [2.45, 2.75) is 33.1 Å². The Bertz CT molecular complexity index is 884. The number of benzene rings is 1. The van der Waals surface area contributed by atoms with Gasteiger partial charge in [0.15, 0.2) is 23.3 Å². The van der Waals surface area contributed by atoms with Crippen LogP contribution in [0.5, 0.6) is 0 Å². The van der Waals surface area contributed by atoms with Gasteiger partial charge in [-0.3, -0.25) is 4.79 Å². The second-order valence-corrected chi connectivity index (χ2v) is 7.45. The molecule has 0 unspecified atom stereocenters. The summed E-state index contributed by atoms with van der Waals surface area (Å²) < 4.78 is 98.2. The van der Waals surface area contributed by atoms with Gasteiger partial charge in [0.1, 0.15) is 11.6 Å². The van der Waals surface area contributed by atoms with E-state index in [4.69, 9.17) is 22.8 Å². The van der Waals surface area contributed by atoms with Gasteiger partial charge in [-0.25, -0.2) is 17.6 Å². The van der Waals surface area contributed by atoms with Crippen LogP contribution in [0.15, 0.2) is 11.1 Å². The van der Waals surface area contributed by atoms with E-state index in [-0.39, 0.29) is 0 Å². The molecule has 0 amide bonds. The smallest absolute Gasteiger partial charge is 0.426 e. The molecule has 0 spiro atoms. The highest BCUT2D eigenvalue weighted by molar-refractivity contribution is 6.30. The Labute approximate surface area is 166 Å². The Morgan fingerprint density at radius 1 is 1.14 bits per heavy atom. The summed E-state index contributed by atoms with van der Waals surface area (Å²) in [7, 11) is 0. The number of rotatable bonds is 5. The van der Waals surface area contributed by atoms with E-state index < -0.39 is 81.9 Å². The normalized spacial score (nSPS) is 20.9. The Kier molecular flexibility index (Phi) is 6.29. The third-order valence-electron chi connectivity index (χ3n) is 4.84. The van der Waals surface area contributed by atoms with Crippen molar-refractivity contribution >= 4 is 17.6 Å². The van der Waals surface area contributed by atoms with Crippen LogP contribution in [-0.4, -0.2) is 12.1 Å². The summed E-state index contributed by atoms with van der Waals surface area (Å²) in [4.78, 5) is 12.2. The number of alkyl halides is 3. The molecule has 0 heterocycles.